The fourth-order valence-corrected chi connectivity index (χ4v) is 3.41. The van der Waals surface area contributed by atoms with Crippen LogP contribution in [0.1, 0.15) is 62.0 Å². The SMILES string of the molecule is CCCn1c(C2CCCC2)nc(Cc2ccccc2)c1N. The van der Waals surface area contributed by atoms with Crippen LogP contribution in [0.5, 0.6) is 0 Å². The number of nitrogen functional groups attached to an aromatic ring is 1. The van der Waals surface area contributed by atoms with Gasteiger partial charge in [0.25, 0.3) is 0 Å². The summed E-state index contributed by atoms with van der Waals surface area (Å²) in [7, 11) is 0. The van der Waals surface area contributed by atoms with Crippen molar-refractivity contribution in [3.63, 3.8) is 0 Å². The zero-order valence-corrected chi connectivity index (χ0v) is 12.9. The molecule has 1 saturated carbocycles. The summed E-state index contributed by atoms with van der Waals surface area (Å²) in [6.45, 7) is 3.19. The number of imidazole rings is 1. The summed E-state index contributed by atoms with van der Waals surface area (Å²) in [5.41, 5.74) is 8.74. The normalized spacial score (nSPS) is 15.7. The Balaban J connectivity index is 1.91. The molecule has 0 amide bonds. The van der Waals surface area contributed by atoms with E-state index in [2.05, 4.69) is 35.8 Å². The van der Waals surface area contributed by atoms with E-state index in [-0.39, 0.29) is 0 Å². The summed E-state index contributed by atoms with van der Waals surface area (Å²) >= 11 is 0. The summed E-state index contributed by atoms with van der Waals surface area (Å²) in [5.74, 6) is 2.73. The van der Waals surface area contributed by atoms with Crippen molar-refractivity contribution in [1.82, 2.24) is 9.55 Å². The maximum absolute atomic E-state index is 6.41. The Labute approximate surface area is 127 Å². The van der Waals surface area contributed by atoms with Crippen LogP contribution >= 0.6 is 0 Å². The smallest absolute Gasteiger partial charge is 0.127 e. The minimum absolute atomic E-state index is 0.614. The van der Waals surface area contributed by atoms with E-state index in [4.69, 9.17) is 10.7 Å². The molecular formula is C18H25N3. The number of rotatable bonds is 5. The van der Waals surface area contributed by atoms with Crippen molar-refractivity contribution in [2.45, 2.75) is 57.9 Å². The van der Waals surface area contributed by atoms with Gasteiger partial charge in [-0.1, -0.05) is 50.1 Å². The lowest BCUT2D eigenvalue weighted by molar-refractivity contribution is 0.579. The van der Waals surface area contributed by atoms with Crippen LogP contribution in [-0.4, -0.2) is 9.55 Å². The second kappa shape index (κ2) is 6.33. The van der Waals surface area contributed by atoms with Crippen LogP contribution in [0, 0.1) is 0 Å². The third-order valence-electron chi connectivity index (χ3n) is 4.49. The molecule has 1 heterocycles. The minimum Gasteiger partial charge on any atom is -0.384 e. The molecule has 1 aliphatic carbocycles. The first-order valence-electron chi connectivity index (χ1n) is 8.18. The van der Waals surface area contributed by atoms with Gasteiger partial charge in [0.1, 0.15) is 11.6 Å². The van der Waals surface area contributed by atoms with Crippen LogP contribution in [0.15, 0.2) is 30.3 Å². The molecule has 1 fully saturated rings. The van der Waals surface area contributed by atoms with Crippen LogP contribution in [-0.2, 0) is 13.0 Å². The van der Waals surface area contributed by atoms with E-state index in [9.17, 15) is 0 Å². The summed E-state index contributed by atoms with van der Waals surface area (Å²) in [6.07, 6.45) is 7.14. The maximum atomic E-state index is 6.41. The number of nitrogens with two attached hydrogens (primary N) is 1. The number of nitrogens with zero attached hydrogens (tertiary/aromatic N) is 2. The first-order valence-corrected chi connectivity index (χ1v) is 8.18. The van der Waals surface area contributed by atoms with Gasteiger partial charge in [-0.15, -0.1) is 0 Å². The number of aromatic nitrogens is 2. The number of hydrogen-bond acceptors (Lipinski definition) is 2. The van der Waals surface area contributed by atoms with Crippen molar-refractivity contribution in [3.8, 4) is 0 Å². The highest BCUT2D eigenvalue weighted by Crippen LogP contribution is 2.35. The van der Waals surface area contributed by atoms with E-state index in [1.165, 1.54) is 37.1 Å². The van der Waals surface area contributed by atoms with Gasteiger partial charge in [-0.05, 0) is 24.8 Å². The molecule has 0 radical (unpaired) electrons. The van der Waals surface area contributed by atoms with Crippen LogP contribution in [0.3, 0.4) is 0 Å². The number of anilines is 1. The van der Waals surface area contributed by atoms with E-state index in [0.29, 0.717) is 5.92 Å². The minimum atomic E-state index is 0.614. The molecule has 3 rings (SSSR count). The van der Waals surface area contributed by atoms with Gasteiger partial charge in [-0.3, -0.25) is 0 Å². The van der Waals surface area contributed by atoms with Gasteiger partial charge in [0.2, 0.25) is 0 Å². The van der Waals surface area contributed by atoms with Crippen molar-refractivity contribution in [1.29, 1.82) is 0 Å². The Morgan fingerprint density at radius 3 is 2.57 bits per heavy atom. The monoisotopic (exact) mass is 283 g/mol. The number of hydrogen-bond donors (Lipinski definition) is 1. The maximum Gasteiger partial charge on any atom is 0.127 e. The van der Waals surface area contributed by atoms with Crippen molar-refractivity contribution in [2.24, 2.45) is 0 Å². The van der Waals surface area contributed by atoms with Crippen LogP contribution < -0.4 is 5.73 Å². The van der Waals surface area contributed by atoms with E-state index >= 15 is 0 Å². The van der Waals surface area contributed by atoms with E-state index in [1.54, 1.807) is 0 Å². The fraction of sp³-hybridized carbons (Fsp3) is 0.500. The van der Waals surface area contributed by atoms with Crippen molar-refractivity contribution >= 4 is 5.82 Å². The van der Waals surface area contributed by atoms with Crippen LogP contribution in [0.25, 0.3) is 0 Å². The molecule has 2 N–H and O–H groups in total. The fourth-order valence-electron chi connectivity index (χ4n) is 3.41. The van der Waals surface area contributed by atoms with E-state index < -0.39 is 0 Å². The Bertz CT molecular complexity index is 580. The van der Waals surface area contributed by atoms with Gasteiger partial charge in [-0.25, -0.2) is 4.98 Å². The number of benzene rings is 1. The first kappa shape index (κ1) is 14.2. The predicted molar refractivity (Wildman–Crippen MR) is 87.4 cm³/mol. The molecule has 0 atom stereocenters. The molecule has 112 valence electrons. The molecule has 0 aliphatic heterocycles. The Morgan fingerprint density at radius 1 is 1.19 bits per heavy atom. The summed E-state index contributed by atoms with van der Waals surface area (Å²) in [5, 5.41) is 0. The third kappa shape index (κ3) is 2.97. The lowest BCUT2D eigenvalue weighted by atomic mass is 10.1. The highest BCUT2D eigenvalue weighted by molar-refractivity contribution is 5.42. The molecule has 0 saturated heterocycles. The molecule has 3 nitrogen and oxygen atoms in total. The zero-order valence-electron chi connectivity index (χ0n) is 12.9. The molecule has 3 heteroatoms. The second-order valence-electron chi connectivity index (χ2n) is 6.10. The van der Waals surface area contributed by atoms with Gasteiger partial charge in [0.15, 0.2) is 0 Å². The summed E-state index contributed by atoms with van der Waals surface area (Å²) in [6, 6.07) is 10.5. The first-order chi connectivity index (χ1) is 10.3. The quantitative estimate of drug-likeness (QED) is 0.897. The van der Waals surface area contributed by atoms with Crippen LogP contribution in [0.4, 0.5) is 5.82 Å². The zero-order chi connectivity index (χ0) is 14.7. The van der Waals surface area contributed by atoms with Gasteiger partial charge in [0, 0.05) is 18.9 Å². The molecular weight excluding hydrogens is 258 g/mol. The molecule has 1 aromatic heterocycles. The highest BCUT2D eigenvalue weighted by atomic mass is 15.1. The van der Waals surface area contributed by atoms with Gasteiger partial charge < -0.3 is 10.3 Å². The van der Waals surface area contributed by atoms with Gasteiger partial charge in [0.05, 0.1) is 5.69 Å². The topological polar surface area (TPSA) is 43.8 Å². The van der Waals surface area contributed by atoms with Gasteiger partial charge in [-0.2, -0.15) is 0 Å². The van der Waals surface area contributed by atoms with Crippen molar-refractivity contribution < 1.29 is 0 Å². The van der Waals surface area contributed by atoms with Crippen molar-refractivity contribution in [3.05, 3.63) is 47.4 Å². The Hall–Kier alpha value is -1.77. The summed E-state index contributed by atoms with van der Waals surface area (Å²) < 4.78 is 2.27. The Kier molecular flexibility index (Phi) is 4.28. The molecule has 1 aromatic carbocycles. The third-order valence-corrected chi connectivity index (χ3v) is 4.49. The van der Waals surface area contributed by atoms with Crippen LogP contribution in [0.2, 0.25) is 0 Å². The van der Waals surface area contributed by atoms with Gasteiger partial charge >= 0.3 is 0 Å². The lowest BCUT2D eigenvalue weighted by Crippen LogP contribution is -2.09. The largest absolute Gasteiger partial charge is 0.384 e. The van der Waals surface area contributed by atoms with E-state index in [1.807, 2.05) is 6.07 Å². The Morgan fingerprint density at radius 2 is 1.90 bits per heavy atom. The second-order valence-corrected chi connectivity index (χ2v) is 6.10. The molecule has 0 unspecified atom stereocenters. The average molecular weight is 283 g/mol. The van der Waals surface area contributed by atoms with Crippen molar-refractivity contribution in [2.75, 3.05) is 5.73 Å². The average Bonchev–Trinajstić information content (AvgIpc) is 3.12. The standard InChI is InChI=1S/C18H25N3/c1-2-12-21-17(19)16(13-14-8-4-3-5-9-14)20-18(21)15-10-6-7-11-15/h3-5,8-9,15H,2,6-7,10-13,19H2,1H3. The molecule has 0 bridgehead atoms. The molecule has 2 aromatic rings. The van der Waals surface area contributed by atoms with E-state index in [0.717, 1.165) is 30.9 Å². The predicted octanol–water partition coefficient (Wildman–Crippen LogP) is 4.12. The molecule has 1 aliphatic rings. The highest BCUT2D eigenvalue weighted by Gasteiger charge is 2.24. The molecule has 0 spiro atoms. The summed E-state index contributed by atoms with van der Waals surface area (Å²) in [4.78, 5) is 4.94. The lowest BCUT2D eigenvalue weighted by Gasteiger charge is -2.12. The molecule has 21 heavy (non-hydrogen) atoms.